The summed E-state index contributed by atoms with van der Waals surface area (Å²) >= 11 is 0. The van der Waals surface area contributed by atoms with E-state index in [1.165, 1.54) is 47.0 Å². The number of carbonyl (C=O) groups excluding carboxylic acids is 2. The summed E-state index contributed by atoms with van der Waals surface area (Å²) in [5, 5.41) is 5.77. The van der Waals surface area contributed by atoms with Crippen molar-refractivity contribution < 1.29 is 26.4 Å². The minimum absolute atomic E-state index is 0.191. The maximum absolute atomic E-state index is 12.8. The first-order valence-corrected chi connectivity index (χ1v) is 17.7. The van der Waals surface area contributed by atoms with Crippen LogP contribution in [0.5, 0.6) is 0 Å². The van der Waals surface area contributed by atoms with Gasteiger partial charge in [-0.15, -0.1) is 0 Å². The van der Waals surface area contributed by atoms with E-state index in [1.807, 2.05) is 0 Å². The van der Waals surface area contributed by atoms with Gasteiger partial charge >= 0.3 is 0 Å². The van der Waals surface area contributed by atoms with E-state index in [-0.39, 0.29) is 21.6 Å². The highest BCUT2D eigenvalue weighted by Gasteiger charge is 2.22. The second-order valence-electron chi connectivity index (χ2n) is 10.6. The van der Waals surface area contributed by atoms with Crippen molar-refractivity contribution in [2.75, 3.05) is 35.8 Å². The molecule has 0 unspecified atom stereocenters. The van der Waals surface area contributed by atoms with Crippen LogP contribution >= 0.6 is 0 Å². The summed E-state index contributed by atoms with van der Waals surface area (Å²) < 4.78 is 53.7. The lowest BCUT2D eigenvalue weighted by molar-refractivity contribution is 0.0943. The fourth-order valence-electron chi connectivity index (χ4n) is 4.64. The molecule has 0 aliphatic carbocycles. The molecule has 46 heavy (non-hydrogen) atoms. The van der Waals surface area contributed by atoms with Crippen molar-refractivity contribution in [2.45, 2.75) is 35.5 Å². The van der Waals surface area contributed by atoms with Crippen LogP contribution in [0, 0.1) is 0 Å². The number of hydrogen-bond acceptors (Lipinski definition) is 6. The molecule has 2 N–H and O–H groups in total. The number of nitrogens with one attached hydrogen (secondary N) is 2. The summed E-state index contributed by atoms with van der Waals surface area (Å²) in [6.07, 6.45) is 3.29. The van der Waals surface area contributed by atoms with Crippen LogP contribution in [0.1, 0.15) is 46.4 Å². The Kier molecular flexibility index (Phi) is 11.6. The Morgan fingerprint density at radius 3 is 1.15 bits per heavy atom. The van der Waals surface area contributed by atoms with E-state index in [4.69, 9.17) is 0 Å². The third-order valence-corrected chi connectivity index (χ3v) is 11.1. The number of hydrogen-bond donors (Lipinski definition) is 2. The normalized spacial score (nSPS) is 11.4. The van der Waals surface area contributed by atoms with E-state index in [0.29, 0.717) is 35.6 Å². The van der Waals surface area contributed by atoms with Crippen LogP contribution in [0.25, 0.3) is 0 Å². The lowest BCUT2D eigenvalue weighted by atomic mass is 10.1. The van der Waals surface area contributed by atoms with Crippen LogP contribution in [0.15, 0.2) is 119 Å². The van der Waals surface area contributed by atoms with E-state index in [9.17, 15) is 26.4 Å². The Hall–Kier alpha value is -4.68. The van der Waals surface area contributed by atoms with Crippen molar-refractivity contribution in [3.63, 3.8) is 0 Å². The summed E-state index contributed by atoms with van der Waals surface area (Å²) in [5.41, 5.74) is 1.78. The fourth-order valence-corrected chi connectivity index (χ4v) is 7.07. The molecule has 4 rings (SSSR count). The number of amides is 2. The van der Waals surface area contributed by atoms with E-state index in [2.05, 4.69) is 10.6 Å². The maximum atomic E-state index is 12.8. The smallest absolute Gasteiger partial charge is 0.264 e. The summed E-state index contributed by atoms with van der Waals surface area (Å²) in [5.74, 6) is -0.468. The highest BCUT2D eigenvalue weighted by atomic mass is 32.2. The number of carbonyl (C=O) groups is 2. The number of unbranched alkanes of at least 4 members (excludes halogenated alkanes) is 3. The number of benzene rings is 4. The fraction of sp³-hybridized carbons (Fsp3) is 0.235. The van der Waals surface area contributed by atoms with Crippen molar-refractivity contribution >= 4 is 43.2 Å². The molecule has 0 heterocycles. The van der Waals surface area contributed by atoms with Gasteiger partial charge in [0.25, 0.3) is 31.9 Å². The molecule has 0 fully saturated rings. The van der Waals surface area contributed by atoms with Crippen molar-refractivity contribution in [3.05, 3.63) is 120 Å². The molecule has 2 amide bonds. The lowest BCUT2D eigenvalue weighted by Crippen LogP contribution is -2.27. The summed E-state index contributed by atoms with van der Waals surface area (Å²) in [6, 6.07) is 29.1. The van der Waals surface area contributed by atoms with Gasteiger partial charge in [-0.05, 0) is 85.6 Å². The van der Waals surface area contributed by atoms with E-state index < -0.39 is 20.0 Å². The molecule has 0 aliphatic rings. The molecule has 0 spiro atoms. The van der Waals surface area contributed by atoms with Gasteiger partial charge in [0.1, 0.15) is 0 Å². The molecule has 10 nitrogen and oxygen atoms in total. The Balaban J connectivity index is 1.13. The van der Waals surface area contributed by atoms with E-state index >= 15 is 0 Å². The van der Waals surface area contributed by atoms with Crippen LogP contribution in [0.3, 0.4) is 0 Å². The van der Waals surface area contributed by atoms with Crippen LogP contribution < -0.4 is 19.2 Å². The largest absolute Gasteiger partial charge is 0.352 e. The van der Waals surface area contributed by atoms with Gasteiger partial charge in [-0.1, -0.05) is 49.2 Å². The van der Waals surface area contributed by atoms with Crippen molar-refractivity contribution in [3.8, 4) is 0 Å². The van der Waals surface area contributed by atoms with Gasteiger partial charge in [0.05, 0.1) is 21.2 Å². The van der Waals surface area contributed by atoms with Gasteiger partial charge in [0.2, 0.25) is 0 Å². The molecule has 0 radical (unpaired) electrons. The van der Waals surface area contributed by atoms with E-state index in [1.54, 1.807) is 84.9 Å². The Morgan fingerprint density at radius 2 is 0.826 bits per heavy atom. The van der Waals surface area contributed by atoms with Gasteiger partial charge in [0.15, 0.2) is 0 Å². The molecule has 12 heteroatoms. The van der Waals surface area contributed by atoms with Gasteiger partial charge in [0, 0.05) is 38.3 Å². The second-order valence-corrected chi connectivity index (χ2v) is 14.5. The molecular formula is C34H38N4O6S2. The predicted molar refractivity (Wildman–Crippen MR) is 180 cm³/mol. The van der Waals surface area contributed by atoms with Crippen molar-refractivity contribution in [1.29, 1.82) is 0 Å². The first-order valence-electron chi connectivity index (χ1n) is 14.9. The van der Waals surface area contributed by atoms with Gasteiger partial charge < -0.3 is 10.6 Å². The third kappa shape index (κ3) is 8.52. The van der Waals surface area contributed by atoms with Crippen molar-refractivity contribution in [1.82, 2.24) is 10.6 Å². The molecule has 242 valence electrons. The molecule has 0 aliphatic heterocycles. The zero-order chi connectivity index (χ0) is 33.2. The number of rotatable bonds is 15. The van der Waals surface area contributed by atoms with Gasteiger partial charge in [-0.25, -0.2) is 16.8 Å². The van der Waals surface area contributed by atoms with Gasteiger partial charge in [-0.3, -0.25) is 18.2 Å². The Bertz CT molecular complexity index is 1680. The highest BCUT2D eigenvalue weighted by molar-refractivity contribution is 7.93. The van der Waals surface area contributed by atoms with Crippen LogP contribution in [-0.2, 0) is 20.0 Å². The standard InChI is InChI=1S/C34H38N4O6S2/c1-37(45(41,42)31-13-7-5-8-14-31)29-21-17-27(18-22-29)33(39)35-25-11-3-4-12-26-36-34(40)28-19-23-30(24-20-28)38(2)46(43,44)32-15-9-6-10-16-32/h5-10,13-24H,3-4,11-12,25-26H2,1-2H3,(H,35,39)(H,36,40). The minimum atomic E-state index is -3.70. The molecule has 4 aromatic carbocycles. The van der Waals surface area contributed by atoms with Crippen LogP contribution in [0.2, 0.25) is 0 Å². The monoisotopic (exact) mass is 662 g/mol. The molecular weight excluding hydrogens is 625 g/mol. The topological polar surface area (TPSA) is 133 Å². The quantitative estimate of drug-likeness (QED) is 0.171. The average molecular weight is 663 g/mol. The zero-order valence-electron chi connectivity index (χ0n) is 25.8. The summed E-state index contributed by atoms with van der Waals surface area (Å²) in [4.78, 5) is 25.5. The van der Waals surface area contributed by atoms with E-state index in [0.717, 1.165) is 25.7 Å². The van der Waals surface area contributed by atoms with Gasteiger partial charge in [-0.2, -0.15) is 0 Å². The predicted octanol–water partition coefficient (Wildman–Crippen LogP) is 5.06. The third-order valence-electron chi connectivity index (χ3n) is 7.46. The van der Waals surface area contributed by atoms with Crippen LogP contribution in [-0.4, -0.2) is 55.8 Å². The second kappa shape index (κ2) is 15.5. The first kappa shape index (κ1) is 34.2. The number of nitrogens with zero attached hydrogens (tertiary/aromatic N) is 2. The number of sulfonamides is 2. The molecule has 4 aromatic rings. The molecule has 0 saturated heterocycles. The molecule has 0 aromatic heterocycles. The molecule has 0 bridgehead atoms. The molecule has 0 saturated carbocycles. The minimum Gasteiger partial charge on any atom is -0.352 e. The number of anilines is 2. The SMILES string of the molecule is CN(c1ccc(C(=O)NCCCCCCNC(=O)c2ccc(N(C)S(=O)(=O)c3ccccc3)cc2)cc1)S(=O)(=O)c1ccccc1. The summed E-state index contributed by atoms with van der Waals surface area (Å²) in [6.45, 7) is 0.992. The Labute approximate surface area is 271 Å². The summed E-state index contributed by atoms with van der Waals surface area (Å²) in [7, 11) is -4.45. The van der Waals surface area contributed by atoms with Crippen LogP contribution in [0.4, 0.5) is 11.4 Å². The van der Waals surface area contributed by atoms with Crippen molar-refractivity contribution in [2.24, 2.45) is 0 Å². The molecule has 0 atom stereocenters. The Morgan fingerprint density at radius 1 is 0.500 bits per heavy atom. The first-order chi connectivity index (χ1) is 22.0. The lowest BCUT2D eigenvalue weighted by Gasteiger charge is -2.19. The maximum Gasteiger partial charge on any atom is 0.264 e. The highest BCUT2D eigenvalue weighted by Crippen LogP contribution is 2.23. The zero-order valence-corrected chi connectivity index (χ0v) is 27.4. The average Bonchev–Trinajstić information content (AvgIpc) is 3.09.